The molecule has 1 aromatic rings. The molecule has 0 heterocycles. The van der Waals surface area contributed by atoms with Crippen molar-refractivity contribution in [2.45, 2.75) is 13.1 Å². The van der Waals surface area contributed by atoms with E-state index in [1.807, 2.05) is 6.92 Å². The first-order valence-corrected chi connectivity index (χ1v) is 5.42. The Morgan fingerprint density at radius 3 is 2.58 bits per heavy atom. The normalized spacial score (nSPS) is 11.0. The number of nitrogens with one attached hydrogen (secondary N) is 1. The van der Waals surface area contributed by atoms with Crippen molar-refractivity contribution in [3.63, 3.8) is 0 Å². The number of hydrogen-bond donors (Lipinski definition) is 1. The number of carbonyl (C=O) groups excluding carboxylic acids is 1. The van der Waals surface area contributed by atoms with Crippen LogP contribution in [0.3, 0.4) is 0 Å². The van der Waals surface area contributed by atoms with Crippen molar-refractivity contribution in [3.8, 4) is 11.5 Å². The smallest absolute Gasteiger partial charge is 0.405 e. The second kappa shape index (κ2) is 6.31. The molecule has 1 N–H and O–H groups in total. The lowest BCUT2D eigenvalue weighted by atomic mass is 10.2. The van der Waals surface area contributed by atoms with Crippen LogP contribution < -0.4 is 14.8 Å². The molecule has 0 aliphatic heterocycles. The summed E-state index contributed by atoms with van der Waals surface area (Å²) in [5.74, 6) is -0.126. The van der Waals surface area contributed by atoms with Crippen molar-refractivity contribution in [2.75, 3.05) is 20.3 Å². The molecule has 1 aromatic carbocycles. The molecule has 1 rings (SSSR count). The maximum atomic E-state index is 11.9. The number of carbonyl (C=O) groups is 1. The molecule has 4 nitrogen and oxygen atoms in total. The van der Waals surface area contributed by atoms with Crippen LogP contribution in [0.4, 0.5) is 13.2 Å². The summed E-state index contributed by atoms with van der Waals surface area (Å²) in [5.41, 5.74) is 0.936. The summed E-state index contributed by atoms with van der Waals surface area (Å²) >= 11 is 0. The molecular weight excluding hydrogens is 263 g/mol. The molecule has 0 saturated carbocycles. The van der Waals surface area contributed by atoms with Crippen LogP contribution in [0.25, 0.3) is 0 Å². The summed E-state index contributed by atoms with van der Waals surface area (Å²) in [7, 11) is 1.44. The minimum atomic E-state index is -4.43. The zero-order valence-corrected chi connectivity index (χ0v) is 10.5. The van der Waals surface area contributed by atoms with E-state index in [9.17, 15) is 18.0 Å². The predicted molar refractivity (Wildman–Crippen MR) is 62.3 cm³/mol. The summed E-state index contributed by atoms with van der Waals surface area (Å²) in [6.45, 7) is -0.0297. The number of alkyl halides is 3. The quantitative estimate of drug-likeness (QED) is 0.896. The Hall–Kier alpha value is -1.92. The Morgan fingerprint density at radius 1 is 1.32 bits per heavy atom. The van der Waals surface area contributed by atoms with Crippen LogP contribution in [-0.2, 0) is 4.79 Å². The number of benzene rings is 1. The van der Waals surface area contributed by atoms with Gasteiger partial charge in [0.05, 0.1) is 7.11 Å². The van der Waals surface area contributed by atoms with Gasteiger partial charge in [-0.1, -0.05) is 6.07 Å². The van der Waals surface area contributed by atoms with Gasteiger partial charge in [-0.05, 0) is 24.6 Å². The lowest BCUT2D eigenvalue weighted by molar-refractivity contribution is -0.139. The highest BCUT2D eigenvalue weighted by Gasteiger charge is 2.27. The van der Waals surface area contributed by atoms with Crippen molar-refractivity contribution in [1.29, 1.82) is 0 Å². The molecule has 0 bridgehead atoms. The van der Waals surface area contributed by atoms with E-state index in [2.05, 4.69) is 0 Å². The highest BCUT2D eigenvalue weighted by Crippen LogP contribution is 2.27. The Kier molecular flexibility index (Phi) is 5.02. The maximum Gasteiger partial charge on any atom is 0.405 e. The van der Waals surface area contributed by atoms with E-state index in [0.717, 1.165) is 5.56 Å². The minimum absolute atomic E-state index is 0.301. The Bertz CT molecular complexity index is 446. The van der Waals surface area contributed by atoms with Gasteiger partial charge < -0.3 is 14.8 Å². The monoisotopic (exact) mass is 277 g/mol. The molecule has 0 radical (unpaired) electrons. The lowest BCUT2D eigenvalue weighted by Gasteiger charge is -2.12. The molecule has 106 valence electrons. The zero-order valence-electron chi connectivity index (χ0n) is 10.5. The second-order valence-corrected chi connectivity index (χ2v) is 3.83. The van der Waals surface area contributed by atoms with Gasteiger partial charge in [0.25, 0.3) is 5.91 Å². The fourth-order valence-corrected chi connectivity index (χ4v) is 1.29. The van der Waals surface area contributed by atoms with Crippen LogP contribution >= 0.6 is 0 Å². The molecule has 0 atom stereocenters. The van der Waals surface area contributed by atoms with Crippen LogP contribution in [0.2, 0.25) is 0 Å². The minimum Gasteiger partial charge on any atom is -0.493 e. The van der Waals surface area contributed by atoms with Crippen molar-refractivity contribution >= 4 is 5.91 Å². The fraction of sp³-hybridized carbons (Fsp3) is 0.417. The van der Waals surface area contributed by atoms with Gasteiger partial charge in [-0.15, -0.1) is 0 Å². The van der Waals surface area contributed by atoms with Gasteiger partial charge in [0.15, 0.2) is 18.1 Å². The maximum absolute atomic E-state index is 11.9. The van der Waals surface area contributed by atoms with Gasteiger partial charge in [0.1, 0.15) is 6.54 Å². The topological polar surface area (TPSA) is 47.6 Å². The summed E-state index contributed by atoms with van der Waals surface area (Å²) < 4.78 is 45.7. The number of methoxy groups -OCH3 is 1. The molecule has 0 spiro atoms. The van der Waals surface area contributed by atoms with Crippen LogP contribution in [0.5, 0.6) is 11.5 Å². The van der Waals surface area contributed by atoms with Gasteiger partial charge in [0, 0.05) is 0 Å². The molecule has 0 saturated heterocycles. The molecule has 19 heavy (non-hydrogen) atoms. The molecule has 0 aromatic heterocycles. The number of ether oxygens (including phenoxy) is 2. The van der Waals surface area contributed by atoms with Crippen molar-refractivity contribution in [1.82, 2.24) is 5.32 Å². The number of halogens is 3. The van der Waals surface area contributed by atoms with Crippen molar-refractivity contribution < 1.29 is 27.4 Å². The molecule has 0 aliphatic carbocycles. The van der Waals surface area contributed by atoms with E-state index in [1.165, 1.54) is 7.11 Å². The fourth-order valence-electron chi connectivity index (χ4n) is 1.29. The van der Waals surface area contributed by atoms with Gasteiger partial charge in [0.2, 0.25) is 0 Å². The first kappa shape index (κ1) is 15.1. The predicted octanol–water partition coefficient (Wildman–Crippen LogP) is 2.06. The summed E-state index contributed by atoms with van der Waals surface area (Å²) in [6.07, 6.45) is -4.43. The molecular formula is C12H14F3NO3. The third-order valence-corrected chi connectivity index (χ3v) is 2.16. The lowest BCUT2D eigenvalue weighted by Crippen LogP contribution is -2.36. The Morgan fingerprint density at radius 2 is 2.00 bits per heavy atom. The van der Waals surface area contributed by atoms with Crippen molar-refractivity contribution in [2.24, 2.45) is 0 Å². The van der Waals surface area contributed by atoms with Crippen LogP contribution in [0.1, 0.15) is 5.56 Å². The molecule has 7 heteroatoms. The van der Waals surface area contributed by atoms with E-state index < -0.39 is 25.2 Å². The average Bonchev–Trinajstić information content (AvgIpc) is 2.33. The van der Waals surface area contributed by atoms with Gasteiger partial charge in [-0.3, -0.25) is 4.79 Å². The van der Waals surface area contributed by atoms with Gasteiger partial charge >= 0.3 is 6.18 Å². The molecule has 1 amide bonds. The SMILES string of the molecule is COc1cc(C)ccc1OCC(=O)NCC(F)(F)F. The van der Waals surface area contributed by atoms with Crippen LogP contribution in [-0.4, -0.2) is 32.3 Å². The van der Waals surface area contributed by atoms with Crippen molar-refractivity contribution in [3.05, 3.63) is 23.8 Å². The van der Waals surface area contributed by atoms with Crippen LogP contribution in [0, 0.1) is 6.92 Å². The Balaban J connectivity index is 2.50. The summed E-state index contributed by atoms with van der Waals surface area (Å²) in [5, 5.41) is 1.71. The third-order valence-electron chi connectivity index (χ3n) is 2.16. The molecule has 0 fully saturated rings. The largest absolute Gasteiger partial charge is 0.493 e. The summed E-state index contributed by atoms with van der Waals surface area (Å²) in [6, 6.07) is 5.03. The Labute approximate surface area is 108 Å². The van der Waals surface area contributed by atoms with E-state index in [4.69, 9.17) is 9.47 Å². The van der Waals surface area contributed by atoms with E-state index >= 15 is 0 Å². The van der Waals surface area contributed by atoms with E-state index in [0.29, 0.717) is 11.5 Å². The third kappa shape index (κ3) is 5.50. The average molecular weight is 277 g/mol. The molecule has 0 aliphatic rings. The van der Waals surface area contributed by atoms with E-state index in [-0.39, 0.29) is 0 Å². The standard InChI is InChI=1S/C12H14F3NO3/c1-8-3-4-9(10(5-8)18-2)19-6-11(17)16-7-12(13,14)15/h3-5H,6-7H2,1-2H3,(H,16,17). The summed E-state index contributed by atoms with van der Waals surface area (Å²) in [4.78, 5) is 11.2. The first-order chi connectivity index (χ1) is 8.81. The highest BCUT2D eigenvalue weighted by atomic mass is 19.4. The zero-order chi connectivity index (χ0) is 14.5. The number of hydrogen-bond acceptors (Lipinski definition) is 3. The number of rotatable bonds is 5. The van der Waals surface area contributed by atoms with E-state index in [1.54, 1.807) is 23.5 Å². The number of aryl methyl sites for hydroxylation is 1. The number of amides is 1. The second-order valence-electron chi connectivity index (χ2n) is 3.83. The van der Waals surface area contributed by atoms with Gasteiger partial charge in [-0.2, -0.15) is 13.2 Å². The first-order valence-electron chi connectivity index (χ1n) is 5.42. The highest BCUT2D eigenvalue weighted by molar-refractivity contribution is 5.77. The molecule has 0 unspecified atom stereocenters. The van der Waals surface area contributed by atoms with Gasteiger partial charge in [-0.25, -0.2) is 0 Å². The van der Waals surface area contributed by atoms with Crippen LogP contribution in [0.15, 0.2) is 18.2 Å².